The van der Waals surface area contributed by atoms with E-state index < -0.39 is 12.1 Å². The van der Waals surface area contributed by atoms with Gasteiger partial charge in [-0.2, -0.15) is 0 Å². The second-order valence-corrected chi connectivity index (χ2v) is 14.6. The molecule has 0 bridgehead atoms. The van der Waals surface area contributed by atoms with Crippen molar-refractivity contribution in [2.24, 2.45) is 0 Å². The molecular formula is C53H82O6. The van der Waals surface area contributed by atoms with E-state index in [9.17, 15) is 14.4 Å². The van der Waals surface area contributed by atoms with Crippen molar-refractivity contribution >= 4 is 17.9 Å². The molecule has 0 saturated heterocycles. The SMILES string of the molecule is CC/C=C\C/C=C\C/C=C\C/C=C\C/C=C\CCC(=O)OCC(COC(=O)C/C=C\C/C=C\C/C=C\CC)OC(=O)CCCCC/C=C\C=C/CCCCCCCCC. The normalized spacial score (nSPS) is 13.2. The van der Waals surface area contributed by atoms with Gasteiger partial charge < -0.3 is 14.2 Å². The minimum atomic E-state index is -0.858. The third kappa shape index (κ3) is 44.8. The summed E-state index contributed by atoms with van der Waals surface area (Å²) in [5.74, 6) is -1.20. The molecule has 0 N–H and O–H groups in total. The number of hydrogen-bond donors (Lipinski definition) is 0. The molecule has 1 unspecified atom stereocenters. The summed E-state index contributed by atoms with van der Waals surface area (Å²) in [4.78, 5) is 37.6. The van der Waals surface area contributed by atoms with Crippen molar-refractivity contribution in [1.29, 1.82) is 0 Å². The molecule has 0 aromatic heterocycles. The Labute approximate surface area is 361 Å². The van der Waals surface area contributed by atoms with E-state index in [1.54, 1.807) is 6.08 Å². The van der Waals surface area contributed by atoms with Crippen molar-refractivity contribution in [3.8, 4) is 0 Å². The topological polar surface area (TPSA) is 78.9 Å². The van der Waals surface area contributed by atoms with Crippen LogP contribution in [0.3, 0.4) is 0 Å². The van der Waals surface area contributed by atoms with Crippen LogP contribution < -0.4 is 0 Å². The summed E-state index contributed by atoms with van der Waals surface area (Å²) in [5.41, 5.74) is 0. The average molecular weight is 815 g/mol. The number of allylic oxidation sites excluding steroid dienone is 19. The van der Waals surface area contributed by atoms with Crippen LogP contribution >= 0.6 is 0 Å². The second-order valence-electron chi connectivity index (χ2n) is 14.6. The lowest BCUT2D eigenvalue weighted by Crippen LogP contribution is -2.30. The van der Waals surface area contributed by atoms with Crippen molar-refractivity contribution in [2.45, 2.75) is 181 Å². The fourth-order valence-electron chi connectivity index (χ4n) is 5.60. The fourth-order valence-corrected chi connectivity index (χ4v) is 5.60. The van der Waals surface area contributed by atoms with Crippen LogP contribution in [0.4, 0.5) is 0 Å². The van der Waals surface area contributed by atoms with Gasteiger partial charge in [-0.25, -0.2) is 0 Å². The molecule has 0 aliphatic heterocycles. The van der Waals surface area contributed by atoms with E-state index >= 15 is 0 Å². The smallest absolute Gasteiger partial charge is 0.309 e. The summed E-state index contributed by atoms with van der Waals surface area (Å²) in [6.45, 7) is 6.18. The molecule has 0 aliphatic carbocycles. The molecule has 0 aromatic rings. The second kappa shape index (κ2) is 46.5. The van der Waals surface area contributed by atoms with Crippen LogP contribution in [-0.4, -0.2) is 37.2 Å². The van der Waals surface area contributed by atoms with Crippen LogP contribution in [0.2, 0.25) is 0 Å². The number of hydrogen-bond acceptors (Lipinski definition) is 6. The van der Waals surface area contributed by atoms with Gasteiger partial charge in [0.1, 0.15) is 13.2 Å². The third-order valence-corrected chi connectivity index (χ3v) is 9.01. The van der Waals surface area contributed by atoms with Gasteiger partial charge in [0.05, 0.1) is 6.42 Å². The molecule has 0 aliphatic rings. The first-order valence-electron chi connectivity index (χ1n) is 23.1. The van der Waals surface area contributed by atoms with E-state index in [1.165, 1.54) is 44.9 Å². The van der Waals surface area contributed by atoms with E-state index in [0.717, 1.165) is 77.0 Å². The third-order valence-electron chi connectivity index (χ3n) is 9.01. The van der Waals surface area contributed by atoms with Crippen molar-refractivity contribution in [3.05, 3.63) is 122 Å². The van der Waals surface area contributed by atoms with Gasteiger partial charge in [0.25, 0.3) is 0 Å². The molecule has 0 heterocycles. The maximum atomic E-state index is 12.7. The Hall–Kier alpha value is -4.19. The quantitative estimate of drug-likeness (QED) is 0.0202. The van der Waals surface area contributed by atoms with E-state index in [-0.39, 0.29) is 44.4 Å². The molecule has 6 nitrogen and oxygen atoms in total. The molecule has 0 rings (SSSR count). The monoisotopic (exact) mass is 815 g/mol. The number of carbonyl (C=O) groups is 3. The average Bonchev–Trinajstić information content (AvgIpc) is 3.23. The van der Waals surface area contributed by atoms with Crippen LogP contribution in [0, 0.1) is 0 Å². The highest BCUT2D eigenvalue weighted by molar-refractivity contribution is 5.72. The lowest BCUT2D eigenvalue weighted by Gasteiger charge is -2.18. The maximum absolute atomic E-state index is 12.7. The van der Waals surface area contributed by atoms with Crippen molar-refractivity contribution in [1.82, 2.24) is 0 Å². The zero-order valence-electron chi connectivity index (χ0n) is 37.5. The van der Waals surface area contributed by atoms with Crippen molar-refractivity contribution in [3.63, 3.8) is 0 Å². The highest BCUT2D eigenvalue weighted by atomic mass is 16.6. The zero-order valence-corrected chi connectivity index (χ0v) is 37.5. The molecular weight excluding hydrogens is 733 g/mol. The first-order valence-corrected chi connectivity index (χ1v) is 23.1. The maximum Gasteiger partial charge on any atom is 0.309 e. The number of esters is 3. The van der Waals surface area contributed by atoms with Crippen LogP contribution in [0.5, 0.6) is 0 Å². The number of unbranched alkanes of at least 4 members (excludes halogenated alkanes) is 10. The fraction of sp³-hybridized carbons (Fsp3) is 0.566. The van der Waals surface area contributed by atoms with E-state index in [1.807, 2.05) is 18.2 Å². The molecule has 6 heteroatoms. The van der Waals surface area contributed by atoms with Crippen LogP contribution in [0.25, 0.3) is 0 Å². The zero-order chi connectivity index (χ0) is 43.0. The Morgan fingerprint density at radius 3 is 1.32 bits per heavy atom. The predicted octanol–water partition coefficient (Wildman–Crippen LogP) is 15.0. The first kappa shape index (κ1) is 54.8. The summed E-state index contributed by atoms with van der Waals surface area (Å²) in [6, 6.07) is 0. The predicted molar refractivity (Wildman–Crippen MR) is 251 cm³/mol. The summed E-state index contributed by atoms with van der Waals surface area (Å²) in [5, 5.41) is 0. The lowest BCUT2D eigenvalue weighted by atomic mass is 10.1. The van der Waals surface area contributed by atoms with Gasteiger partial charge in [0.2, 0.25) is 0 Å². The Balaban J connectivity index is 4.60. The lowest BCUT2D eigenvalue weighted by molar-refractivity contribution is -0.166. The molecule has 0 amide bonds. The summed E-state index contributed by atoms with van der Waals surface area (Å²) in [6.07, 6.45) is 63.7. The van der Waals surface area contributed by atoms with Gasteiger partial charge in [-0.1, -0.05) is 187 Å². The Bertz CT molecular complexity index is 1300. The van der Waals surface area contributed by atoms with Crippen LogP contribution in [0.1, 0.15) is 175 Å². The van der Waals surface area contributed by atoms with Gasteiger partial charge in [-0.3, -0.25) is 14.4 Å². The van der Waals surface area contributed by atoms with Gasteiger partial charge in [0.15, 0.2) is 6.10 Å². The number of rotatable bonds is 39. The van der Waals surface area contributed by atoms with Crippen molar-refractivity contribution < 1.29 is 28.6 Å². The molecule has 1 atom stereocenters. The van der Waals surface area contributed by atoms with Gasteiger partial charge >= 0.3 is 17.9 Å². The Morgan fingerprint density at radius 1 is 0.390 bits per heavy atom. The Morgan fingerprint density at radius 2 is 0.814 bits per heavy atom. The van der Waals surface area contributed by atoms with Gasteiger partial charge in [-0.05, 0) is 89.9 Å². The highest BCUT2D eigenvalue weighted by Crippen LogP contribution is 2.10. The Kier molecular flexibility index (Phi) is 43.2. The summed E-state index contributed by atoms with van der Waals surface area (Å²) >= 11 is 0. The van der Waals surface area contributed by atoms with E-state index in [0.29, 0.717) is 12.8 Å². The summed E-state index contributed by atoms with van der Waals surface area (Å²) in [7, 11) is 0. The van der Waals surface area contributed by atoms with Crippen LogP contribution in [-0.2, 0) is 28.6 Å². The summed E-state index contributed by atoms with van der Waals surface area (Å²) < 4.78 is 16.5. The molecule has 0 radical (unpaired) electrons. The molecule has 0 spiro atoms. The molecule has 59 heavy (non-hydrogen) atoms. The number of ether oxygens (including phenoxy) is 3. The molecule has 330 valence electrons. The van der Waals surface area contributed by atoms with E-state index in [4.69, 9.17) is 14.2 Å². The largest absolute Gasteiger partial charge is 0.462 e. The molecule has 0 saturated carbocycles. The first-order chi connectivity index (χ1) is 29.0. The minimum Gasteiger partial charge on any atom is -0.462 e. The standard InChI is InChI=1S/C53H82O6/c1-4-7-10-13-16-19-21-23-25-27-29-31-34-37-40-43-46-52(55)58-49-50(48-57-51(54)45-42-39-36-33-18-15-12-9-6-3)59-53(56)47-44-41-38-35-32-30-28-26-24-22-20-17-14-11-8-5-2/h7,9-10,12,16,18-19,23,25-26,28-33,37,39-40,42,50H,4-6,8,11,13-15,17,20-22,24,27,34-36,38,41,43-49H2,1-3H3/b10-7-,12-9-,19-16-,25-23-,28-26-,31-29-,32-30-,33-18-,40-37-,42-39-. The van der Waals surface area contributed by atoms with Gasteiger partial charge in [-0.15, -0.1) is 0 Å². The van der Waals surface area contributed by atoms with Crippen LogP contribution in [0.15, 0.2) is 122 Å². The highest BCUT2D eigenvalue weighted by Gasteiger charge is 2.19. The van der Waals surface area contributed by atoms with Crippen molar-refractivity contribution in [2.75, 3.05) is 13.2 Å². The molecule has 0 fully saturated rings. The van der Waals surface area contributed by atoms with Gasteiger partial charge in [0, 0.05) is 12.8 Å². The molecule has 0 aromatic carbocycles. The minimum absolute atomic E-state index is 0.112. The number of carbonyl (C=O) groups excluding carboxylic acids is 3. The van der Waals surface area contributed by atoms with E-state index in [2.05, 4.69) is 118 Å².